The summed E-state index contributed by atoms with van der Waals surface area (Å²) in [5.74, 6) is 1.89. The number of nitrogens with zero attached hydrogens (tertiary/aromatic N) is 1. The van der Waals surface area contributed by atoms with Gasteiger partial charge in [-0.3, -0.25) is 4.79 Å². The van der Waals surface area contributed by atoms with Crippen LogP contribution < -0.4 is 5.32 Å². The molecule has 0 aromatic heterocycles. The van der Waals surface area contributed by atoms with Crippen molar-refractivity contribution in [3.63, 3.8) is 0 Å². The van der Waals surface area contributed by atoms with Gasteiger partial charge in [-0.05, 0) is 50.5 Å². The van der Waals surface area contributed by atoms with Gasteiger partial charge in [-0.2, -0.15) is 0 Å². The lowest BCUT2D eigenvalue weighted by Gasteiger charge is -2.33. The molecule has 2 aliphatic heterocycles. The number of likely N-dealkylation sites (tertiary alicyclic amines) is 1. The average Bonchev–Trinajstić information content (AvgIpc) is 2.94. The largest absolute Gasteiger partial charge is 0.339 e. The molecule has 4 unspecified atom stereocenters. The Morgan fingerprint density at radius 2 is 2.24 bits per heavy atom. The highest BCUT2D eigenvalue weighted by atomic mass is 16.2. The van der Waals surface area contributed by atoms with Gasteiger partial charge >= 0.3 is 0 Å². The number of hydrogen-bond donors (Lipinski definition) is 1. The summed E-state index contributed by atoms with van der Waals surface area (Å²) in [7, 11) is 0. The molecular formula is C14H24N2O. The fourth-order valence-electron chi connectivity index (χ4n) is 3.92. The summed E-state index contributed by atoms with van der Waals surface area (Å²) in [4.78, 5) is 14.5. The third kappa shape index (κ3) is 2.22. The number of carbonyl (C=O) groups is 1. The van der Waals surface area contributed by atoms with Crippen LogP contribution in [0.1, 0.15) is 45.4 Å². The summed E-state index contributed by atoms with van der Waals surface area (Å²) in [6.07, 6.45) is 7.15. The molecule has 2 saturated heterocycles. The van der Waals surface area contributed by atoms with Gasteiger partial charge in [0.25, 0.3) is 0 Å². The summed E-state index contributed by atoms with van der Waals surface area (Å²) in [6, 6.07) is 1.02. The third-order valence-corrected chi connectivity index (χ3v) is 5.05. The SMILES string of the molecule is CC1CCCNC1CC(=O)N1CC2CCC1C2. The predicted octanol–water partition coefficient (Wildman–Crippen LogP) is 1.78. The lowest BCUT2D eigenvalue weighted by molar-refractivity contribution is -0.133. The Morgan fingerprint density at radius 1 is 1.35 bits per heavy atom. The summed E-state index contributed by atoms with van der Waals surface area (Å²) in [6.45, 7) is 4.42. The number of carbonyl (C=O) groups excluding carboxylic acids is 1. The van der Waals surface area contributed by atoms with Gasteiger partial charge in [0.2, 0.25) is 5.91 Å². The van der Waals surface area contributed by atoms with E-state index in [2.05, 4.69) is 17.1 Å². The molecule has 2 heterocycles. The number of amides is 1. The van der Waals surface area contributed by atoms with E-state index in [1.165, 1.54) is 32.1 Å². The monoisotopic (exact) mass is 236 g/mol. The number of rotatable bonds is 2. The zero-order valence-electron chi connectivity index (χ0n) is 10.8. The maximum Gasteiger partial charge on any atom is 0.224 e. The van der Waals surface area contributed by atoms with Gasteiger partial charge in [-0.25, -0.2) is 0 Å². The Labute approximate surface area is 104 Å². The van der Waals surface area contributed by atoms with E-state index >= 15 is 0 Å². The van der Waals surface area contributed by atoms with Gasteiger partial charge in [0, 0.05) is 25.0 Å². The predicted molar refractivity (Wildman–Crippen MR) is 67.6 cm³/mol. The summed E-state index contributed by atoms with van der Waals surface area (Å²) < 4.78 is 0. The van der Waals surface area contributed by atoms with E-state index in [0.29, 0.717) is 23.9 Å². The molecule has 3 rings (SSSR count). The van der Waals surface area contributed by atoms with Gasteiger partial charge in [-0.15, -0.1) is 0 Å². The van der Waals surface area contributed by atoms with Crippen molar-refractivity contribution in [2.45, 2.75) is 57.5 Å². The standard InChI is InChI=1S/C14H24N2O/c1-10-3-2-6-15-13(10)8-14(17)16-9-11-4-5-12(16)7-11/h10-13,15H,2-9H2,1H3. The van der Waals surface area contributed by atoms with Crippen LogP contribution in [0.3, 0.4) is 0 Å². The van der Waals surface area contributed by atoms with E-state index in [4.69, 9.17) is 0 Å². The minimum atomic E-state index is 0.406. The molecule has 2 bridgehead atoms. The maximum absolute atomic E-state index is 12.3. The van der Waals surface area contributed by atoms with Crippen LogP contribution in [0, 0.1) is 11.8 Å². The molecule has 3 nitrogen and oxygen atoms in total. The molecule has 0 spiro atoms. The zero-order valence-corrected chi connectivity index (χ0v) is 10.8. The van der Waals surface area contributed by atoms with Gasteiger partial charge in [0.1, 0.15) is 0 Å². The maximum atomic E-state index is 12.3. The second-order valence-corrected chi connectivity index (χ2v) is 6.26. The Morgan fingerprint density at radius 3 is 2.88 bits per heavy atom. The number of piperidine rings is 2. The highest BCUT2D eigenvalue weighted by Gasteiger charge is 2.40. The van der Waals surface area contributed by atoms with E-state index in [9.17, 15) is 4.79 Å². The van der Waals surface area contributed by atoms with Crippen LogP contribution in [-0.4, -0.2) is 36.0 Å². The topological polar surface area (TPSA) is 32.3 Å². The smallest absolute Gasteiger partial charge is 0.224 e. The molecule has 96 valence electrons. The molecule has 3 aliphatic rings. The Kier molecular flexibility index (Phi) is 3.12. The van der Waals surface area contributed by atoms with E-state index in [-0.39, 0.29) is 0 Å². The van der Waals surface area contributed by atoms with Crippen molar-refractivity contribution in [3.8, 4) is 0 Å². The summed E-state index contributed by atoms with van der Waals surface area (Å²) in [5.41, 5.74) is 0. The minimum absolute atomic E-state index is 0.406. The Balaban J connectivity index is 1.56. The van der Waals surface area contributed by atoms with E-state index in [0.717, 1.165) is 25.4 Å². The van der Waals surface area contributed by atoms with Crippen LogP contribution >= 0.6 is 0 Å². The molecule has 17 heavy (non-hydrogen) atoms. The van der Waals surface area contributed by atoms with Crippen molar-refractivity contribution < 1.29 is 4.79 Å². The lowest BCUT2D eigenvalue weighted by Crippen LogP contribution is -2.46. The van der Waals surface area contributed by atoms with Crippen LogP contribution in [0.15, 0.2) is 0 Å². The fraction of sp³-hybridized carbons (Fsp3) is 0.929. The van der Waals surface area contributed by atoms with Crippen molar-refractivity contribution >= 4 is 5.91 Å². The lowest BCUT2D eigenvalue weighted by atomic mass is 9.90. The Bertz CT molecular complexity index is 305. The van der Waals surface area contributed by atoms with E-state index < -0.39 is 0 Å². The molecule has 0 aromatic carbocycles. The van der Waals surface area contributed by atoms with Crippen LogP contribution in [0.4, 0.5) is 0 Å². The first-order valence-electron chi connectivity index (χ1n) is 7.27. The molecule has 1 amide bonds. The van der Waals surface area contributed by atoms with E-state index in [1.807, 2.05) is 0 Å². The van der Waals surface area contributed by atoms with Crippen LogP contribution in [-0.2, 0) is 4.79 Å². The second kappa shape index (κ2) is 4.60. The molecule has 1 saturated carbocycles. The molecule has 1 N–H and O–H groups in total. The second-order valence-electron chi connectivity index (χ2n) is 6.26. The third-order valence-electron chi connectivity index (χ3n) is 5.05. The van der Waals surface area contributed by atoms with Gasteiger partial charge < -0.3 is 10.2 Å². The first-order valence-corrected chi connectivity index (χ1v) is 7.27. The van der Waals surface area contributed by atoms with Gasteiger partial charge in [0.05, 0.1) is 0 Å². The zero-order chi connectivity index (χ0) is 11.8. The molecule has 4 atom stereocenters. The Hall–Kier alpha value is -0.570. The quantitative estimate of drug-likeness (QED) is 0.792. The molecule has 1 aliphatic carbocycles. The summed E-state index contributed by atoms with van der Waals surface area (Å²) >= 11 is 0. The highest BCUT2D eigenvalue weighted by Crippen LogP contribution is 2.37. The van der Waals surface area contributed by atoms with Crippen molar-refractivity contribution in [3.05, 3.63) is 0 Å². The highest BCUT2D eigenvalue weighted by molar-refractivity contribution is 5.77. The molecular weight excluding hydrogens is 212 g/mol. The minimum Gasteiger partial charge on any atom is -0.339 e. The average molecular weight is 236 g/mol. The van der Waals surface area contributed by atoms with Gasteiger partial charge in [-0.1, -0.05) is 6.92 Å². The van der Waals surface area contributed by atoms with E-state index in [1.54, 1.807) is 0 Å². The number of nitrogens with one attached hydrogen (secondary N) is 1. The number of hydrogen-bond acceptors (Lipinski definition) is 2. The molecule has 3 heteroatoms. The van der Waals surface area contributed by atoms with Crippen LogP contribution in [0.5, 0.6) is 0 Å². The number of fused-ring (bicyclic) bond motifs is 2. The van der Waals surface area contributed by atoms with Crippen molar-refractivity contribution in [1.29, 1.82) is 0 Å². The first kappa shape index (κ1) is 11.5. The van der Waals surface area contributed by atoms with Crippen LogP contribution in [0.2, 0.25) is 0 Å². The van der Waals surface area contributed by atoms with Crippen molar-refractivity contribution in [1.82, 2.24) is 10.2 Å². The molecule has 0 radical (unpaired) electrons. The summed E-state index contributed by atoms with van der Waals surface area (Å²) in [5, 5.41) is 3.52. The molecule has 0 aromatic rings. The van der Waals surface area contributed by atoms with Crippen molar-refractivity contribution in [2.24, 2.45) is 11.8 Å². The van der Waals surface area contributed by atoms with Crippen molar-refractivity contribution in [2.75, 3.05) is 13.1 Å². The first-order chi connectivity index (χ1) is 8.24. The normalized spacial score (nSPS) is 40.9. The van der Waals surface area contributed by atoms with Gasteiger partial charge in [0.15, 0.2) is 0 Å². The fourth-order valence-corrected chi connectivity index (χ4v) is 3.92. The van der Waals surface area contributed by atoms with Crippen LogP contribution in [0.25, 0.3) is 0 Å². The molecule has 3 fully saturated rings.